The summed E-state index contributed by atoms with van der Waals surface area (Å²) < 4.78 is 30.6. The second kappa shape index (κ2) is 5.30. The third kappa shape index (κ3) is 2.94. The van der Waals surface area contributed by atoms with Crippen molar-refractivity contribution in [3.63, 3.8) is 0 Å². The molecule has 1 rings (SSSR count). The van der Waals surface area contributed by atoms with E-state index in [0.29, 0.717) is 6.07 Å². The van der Waals surface area contributed by atoms with Gasteiger partial charge in [-0.1, -0.05) is 0 Å². The van der Waals surface area contributed by atoms with Crippen molar-refractivity contribution in [1.29, 1.82) is 0 Å². The molecule has 1 amide bonds. The number of carbonyl (C=O) groups excluding carboxylic acids is 1. The number of hydrogen-bond acceptors (Lipinski definition) is 4. The zero-order chi connectivity index (χ0) is 13.0. The largest absolute Gasteiger partial charge is 0.375 e. The number of nitro benzene ring substituents is 1. The number of hydrogen-bond donors (Lipinski definition) is 1. The fraction of sp³-hybridized carbons (Fsp3) is 0.222. The van der Waals surface area contributed by atoms with Gasteiger partial charge in [0.25, 0.3) is 11.6 Å². The van der Waals surface area contributed by atoms with E-state index in [9.17, 15) is 23.7 Å². The maximum atomic E-state index is 13.3. The number of halogens is 2. The van der Waals surface area contributed by atoms with Crippen molar-refractivity contribution in [1.82, 2.24) is 0 Å². The topological polar surface area (TPSA) is 81.5 Å². The van der Waals surface area contributed by atoms with Crippen LogP contribution < -0.4 is 5.32 Å². The second-order valence-corrected chi connectivity index (χ2v) is 2.99. The number of nitrogens with zero attached hydrogens (tertiary/aromatic N) is 1. The van der Waals surface area contributed by atoms with Crippen LogP contribution in [0.4, 0.5) is 20.2 Å². The first-order valence-corrected chi connectivity index (χ1v) is 4.38. The van der Waals surface area contributed by atoms with E-state index in [1.54, 1.807) is 0 Å². The lowest BCUT2D eigenvalue weighted by Gasteiger charge is -2.06. The maximum Gasteiger partial charge on any atom is 0.296 e. The summed E-state index contributed by atoms with van der Waals surface area (Å²) in [6.45, 7) is -0.424. The van der Waals surface area contributed by atoms with E-state index in [0.717, 1.165) is 6.07 Å². The molecule has 0 bridgehead atoms. The molecular weight excluding hydrogens is 238 g/mol. The molecule has 0 aliphatic rings. The summed E-state index contributed by atoms with van der Waals surface area (Å²) in [4.78, 5) is 20.7. The smallest absolute Gasteiger partial charge is 0.296 e. The van der Waals surface area contributed by atoms with Crippen LogP contribution in [0, 0.1) is 21.7 Å². The molecule has 6 nitrogen and oxygen atoms in total. The molecule has 0 aromatic heterocycles. The van der Waals surface area contributed by atoms with Gasteiger partial charge in [0, 0.05) is 13.2 Å². The summed E-state index contributed by atoms with van der Waals surface area (Å²) >= 11 is 0. The molecule has 0 atom stereocenters. The summed E-state index contributed by atoms with van der Waals surface area (Å²) in [6.07, 6.45) is 0. The lowest BCUT2D eigenvalue weighted by atomic mass is 10.2. The molecule has 1 aromatic rings. The Morgan fingerprint density at radius 2 is 2.18 bits per heavy atom. The van der Waals surface area contributed by atoms with Crippen molar-refractivity contribution in [2.45, 2.75) is 0 Å². The minimum Gasteiger partial charge on any atom is -0.375 e. The summed E-state index contributed by atoms with van der Waals surface area (Å²) in [5.74, 6) is -3.59. The van der Waals surface area contributed by atoms with Crippen molar-refractivity contribution in [2.75, 3.05) is 19.0 Å². The fourth-order valence-corrected chi connectivity index (χ4v) is 1.12. The van der Waals surface area contributed by atoms with Crippen LogP contribution in [-0.2, 0) is 9.53 Å². The van der Waals surface area contributed by atoms with Gasteiger partial charge in [0.05, 0.1) is 4.92 Å². The van der Waals surface area contributed by atoms with Gasteiger partial charge in [0.15, 0.2) is 17.3 Å². The highest BCUT2D eigenvalue weighted by atomic mass is 19.2. The quantitative estimate of drug-likeness (QED) is 0.644. The van der Waals surface area contributed by atoms with Gasteiger partial charge in [0.1, 0.15) is 6.61 Å². The van der Waals surface area contributed by atoms with E-state index >= 15 is 0 Å². The zero-order valence-corrected chi connectivity index (χ0v) is 8.70. The Labute approximate surface area is 94.3 Å². The SMILES string of the molecule is COCC(=O)Nc1c([N+](=O)[O-])ccc(F)c1F. The van der Waals surface area contributed by atoms with Gasteiger partial charge in [-0.15, -0.1) is 0 Å². The number of carbonyl (C=O) groups is 1. The van der Waals surface area contributed by atoms with Crippen LogP contribution in [0.5, 0.6) is 0 Å². The van der Waals surface area contributed by atoms with Crippen molar-refractivity contribution in [3.05, 3.63) is 33.9 Å². The molecule has 8 heteroatoms. The van der Waals surface area contributed by atoms with Crippen LogP contribution in [0.25, 0.3) is 0 Å². The minimum atomic E-state index is -1.48. The van der Waals surface area contributed by atoms with Gasteiger partial charge in [0.2, 0.25) is 0 Å². The van der Waals surface area contributed by atoms with E-state index in [-0.39, 0.29) is 0 Å². The van der Waals surface area contributed by atoms with E-state index in [1.165, 1.54) is 7.11 Å². The molecule has 0 heterocycles. The van der Waals surface area contributed by atoms with E-state index < -0.39 is 40.4 Å². The van der Waals surface area contributed by atoms with Gasteiger partial charge in [-0.25, -0.2) is 8.78 Å². The Kier molecular flexibility index (Phi) is 4.05. The second-order valence-electron chi connectivity index (χ2n) is 2.99. The lowest BCUT2D eigenvalue weighted by molar-refractivity contribution is -0.384. The average molecular weight is 246 g/mol. The van der Waals surface area contributed by atoms with Gasteiger partial charge in [-0.2, -0.15) is 0 Å². The predicted octanol–water partition coefficient (Wildman–Crippen LogP) is 1.46. The Balaban J connectivity index is 3.14. The van der Waals surface area contributed by atoms with E-state index in [4.69, 9.17) is 0 Å². The van der Waals surface area contributed by atoms with Crippen molar-refractivity contribution >= 4 is 17.3 Å². The van der Waals surface area contributed by atoms with Crippen LogP contribution in [0.15, 0.2) is 12.1 Å². The molecule has 17 heavy (non-hydrogen) atoms. The summed E-state index contributed by atoms with van der Waals surface area (Å²) in [5, 5.41) is 12.4. The first-order chi connectivity index (χ1) is 7.97. The Morgan fingerprint density at radius 3 is 2.71 bits per heavy atom. The van der Waals surface area contributed by atoms with Crippen LogP contribution >= 0.6 is 0 Å². The number of amides is 1. The third-order valence-electron chi connectivity index (χ3n) is 1.81. The molecule has 0 aliphatic carbocycles. The van der Waals surface area contributed by atoms with Crippen LogP contribution in [0.3, 0.4) is 0 Å². The molecular formula is C9H8F2N2O4. The number of nitro groups is 1. The highest BCUT2D eigenvalue weighted by molar-refractivity contribution is 5.94. The van der Waals surface area contributed by atoms with Gasteiger partial charge < -0.3 is 10.1 Å². The van der Waals surface area contributed by atoms with Gasteiger partial charge in [-0.3, -0.25) is 14.9 Å². The summed E-state index contributed by atoms with van der Waals surface area (Å²) in [7, 11) is 1.22. The standard InChI is InChI=1S/C9H8F2N2O4/c1-17-4-7(14)12-9-6(13(15)16)3-2-5(10)8(9)11/h2-3H,4H2,1H3,(H,12,14). The summed E-state index contributed by atoms with van der Waals surface area (Å²) in [5.41, 5.74) is -1.54. The van der Waals surface area contributed by atoms with E-state index in [2.05, 4.69) is 4.74 Å². The number of rotatable bonds is 4. The summed E-state index contributed by atoms with van der Waals surface area (Å²) in [6, 6.07) is 1.38. The van der Waals surface area contributed by atoms with Gasteiger partial charge in [-0.05, 0) is 6.07 Å². The highest BCUT2D eigenvalue weighted by Crippen LogP contribution is 2.28. The number of anilines is 1. The number of ether oxygens (including phenoxy) is 1. The normalized spacial score (nSPS) is 10.1. The molecule has 0 spiro atoms. The average Bonchev–Trinajstić information content (AvgIpc) is 2.25. The van der Waals surface area contributed by atoms with Crippen molar-refractivity contribution < 1.29 is 23.2 Å². The van der Waals surface area contributed by atoms with E-state index in [1.807, 2.05) is 5.32 Å². The minimum absolute atomic E-state index is 0.424. The molecule has 0 saturated carbocycles. The monoisotopic (exact) mass is 246 g/mol. The van der Waals surface area contributed by atoms with Crippen LogP contribution in [0.2, 0.25) is 0 Å². The molecule has 1 N–H and O–H groups in total. The Bertz CT molecular complexity index is 465. The molecule has 92 valence electrons. The van der Waals surface area contributed by atoms with Crippen LogP contribution in [0.1, 0.15) is 0 Å². The number of methoxy groups -OCH3 is 1. The Morgan fingerprint density at radius 1 is 1.53 bits per heavy atom. The highest BCUT2D eigenvalue weighted by Gasteiger charge is 2.23. The molecule has 0 aliphatic heterocycles. The maximum absolute atomic E-state index is 13.3. The van der Waals surface area contributed by atoms with Crippen molar-refractivity contribution in [2.24, 2.45) is 0 Å². The van der Waals surface area contributed by atoms with Gasteiger partial charge >= 0.3 is 0 Å². The number of benzene rings is 1. The molecule has 0 radical (unpaired) electrons. The lowest BCUT2D eigenvalue weighted by Crippen LogP contribution is -2.19. The first kappa shape index (κ1) is 13.0. The molecule has 0 saturated heterocycles. The van der Waals surface area contributed by atoms with Crippen molar-refractivity contribution in [3.8, 4) is 0 Å². The number of nitrogens with one attached hydrogen (secondary N) is 1. The van der Waals surface area contributed by atoms with Crippen LogP contribution in [-0.4, -0.2) is 24.5 Å². The molecule has 0 unspecified atom stereocenters. The third-order valence-corrected chi connectivity index (χ3v) is 1.81. The molecule has 0 fully saturated rings. The fourth-order valence-electron chi connectivity index (χ4n) is 1.12. The predicted molar refractivity (Wildman–Crippen MR) is 53.5 cm³/mol. The first-order valence-electron chi connectivity index (χ1n) is 4.38. The Hall–Kier alpha value is -2.09. The zero-order valence-electron chi connectivity index (χ0n) is 8.70. The molecule has 1 aromatic carbocycles.